The fourth-order valence-electron chi connectivity index (χ4n) is 2.29. The van der Waals surface area contributed by atoms with Crippen molar-refractivity contribution in [3.8, 4) is 0 Å². The van der Waals surface area contributed by atoms with Gasteiger partial charge in [-0.25, -0.2) is 0 Å². The number of halogens is 1. The molecular weight excluding hydrogens is 256 g/mol. The molecule has 2 unspecified atom stereocenters. The Hall–Kier alpha value is -0.580. The van der Waals surface area contributed by atoms with Crippen LogP contribution in [-0.2, 0) is 11.3 Å². The van der Waals surface area contributed by atoms with Crippen molar-refractivity contribution < 1.29 is 4.79 Å². The Kier molecular flexibility index (Phi) is 5.43. The summed E-state index contributed by atoms with van der Waals surface area (Å²) < 4.78 is 0. The molecule has 0 radical (unpaired) electrons. The number of hydrogen-bond donors (Lipinski definition) is 1. The summed E-state index contributed by atoms with van der Waals surface area (Å²) in [6.45, 7) is 0.708. The smallest absolute Gasteiger partial charge is 0.227 e. The van der Waals surface area contributed by atoms with Crippen molar-refractivity contribution in [1.82, 2.24) is 4.90 Å². The van der Waals surface area contributed by atoms with Crippen LogP contribution in [0.3, 0.4) is 0 Å². The lowest BCUT2D eigenvalue weighted by Crippen LogP contribution is -2.39. The lowest BCUT2D eigenvalue weighted by molar-refractivity contribution is -0.134. The van der Waals surface area contributed by atoms with Crippen molar-refractivity contribution in [2.75, 3.05) is 7.05 Å². The number of thiophene rings is 1. The van der Waals surface area contributed by atoms with Crippen LogP contribution >= 0.6 is 23.7 Å². The van der Waals surface area contributed by atoms with Gasteiger partial charge >= 0.3 is 0 Å². The molecule has 1 aliphatic rings. The van der Waals surface area contributed by atoms with Crippen molar-refractivity contribution in [3.63, 3.8) is 0 Å². The van der Waals surface area contributed by atoms with E-state index in [1.807, 2.05) is 23.4 Å². The van der Waals surface area contributed by atoms with Gasteiger partial charge in [0.25, 0.3) is 0 Å². The molecule has 1 heterocycles. The molecule has 1 aromatic rings. The summed E-state index contributed by atoms with van der Waals surface area (Å²) in [7, 11) is 1.87. The first-order chi connectivity index (χ1) is 7.68. The van der Waals surface area contributed by atoms with E-state index in [1.165, 1.54) is 4.88 Å². The number of nitrogens with zero attached hydrogens (tertiary/aromatic N) is 1. The number of amides is 1. The summed E-state index contributed by atoms with van der Waals surface area (Å²) in [5.74, 6) is 0.253. The summed E-state index contributed by atoms with van der Waals surface area (Å²) in [4.78, 5) is 15.2. The molecule has 0 aromatic carbocycles. The highest BCUT2D eigenvalue weighted by Crippen LogP contribution is 2.26. The lowest BCUT2D eigenvalue weighted by Gasteiger charge is -2.22. The molecule has 2 rings (SSSR count). The minimum absolute atomic E-state index is 0. The largest absolute Gasteiger partial charge is 0.340 e. The van der Waals surface area contributed by atoms with Crippen LogP contribution in [-0.4, -0.2) is 23.9 Å². The summed E-state index contributed by atoms with van der Waals surface area (Å²) in [5, 5.41) is 2.04. The van der Waals surface area contributed by atoms with Crippen LogP contribution in [0.4, 0.5) is 0 Å². The number of nitrogens with two attached hydrogens (primary N) is 1. The van der Waals surface area contributed by atoms with Crippen LogP contribution < -0.4 is 5.73 Å². The molecule has 17 heavy (non-hydrogen) atoms. The first-order valence-electron chi connectivity index (χ1n) is 5.71. The Balaban J connectivity index is 0.00000144. The highest BCUT2D eigenvalue weighted by Gasteiger charge is 2.32. The second kappa shape index (κ2) is 6.38. The second-order valence-electron chi connectivity index (χ2n) is 4.47. The topological polar surface area (TPSA) is 46.3 Å². The maximum absolute atomic E-state index is 12.1. The van der Waals surface area contributed by atoms with Gasteiger partial charge in [-0.1, -0.05) is 12.5 Å². The zero-order chi connectivity index (χ0) is 11.5. The van der Waals surface area contributed by atoms with Gasteiger partial charge in [-0.05, 0) is 24.3 Å². The van der Waals surface area contributed by atoms with Gasteiger partial charge < -0.3 is 10.6 Å². The fourth-order valence-corrected chi connectivity index (χ4v) is 3.05. The van der Waals surface area contributed by atoms with Gasteiger partial charge in [0.1, 0.15) is 0 Å². The second-order valence-corrected chi connectivity index (χ2v) is 5.51. The first-order valence-corrected chi connectivity index (χ1v) is 6.59. The summed E-state index contributed by atoms with van der Waals surface area (Å²) in [6, 6.07) is 4.14. The molecule has 0 aliphatic heterocycles. The maximum atomic E-state index is 12.1. The predicted molar refractivity (Wildman–Crippen MR) is 73.4 cm³/mol. The van der Waals surface area contributed by atoms with Crippen molar-refractivity contribution >= 4 is 29.7 Å². The van der Waals surface area contributed by atoms with Gasteiger partial charge in [0.2, 0.25) is 5.91 Å². The van der Waals surface area contributed by atoms with E-state index in [4.69, 9.17) is 5.73 Å². The number of hydrogen-bond acceptors (Lipinski definition) is 3. The Morgan fingerprint density at radius 2 is 2.35 bits per heavy atom. The van der Waals surface area contributed by atoms with Crippen LogP contribution in [0.25, 0.3) is 0 Å². The van der Waals surface area contributed by atoms with Gasteiger partial charge in [-0.15, -0.1) is 23.7 Å². The summed E-state index contributed by atoms with van der Waals surface area (Å²) >= 11 is 1.69. The molecule has 5 heteroatoms. The zero-order valence-corrected chi connectivity index (χ0v) is 11.6. The number of carbonyl (C=O) groups excluding carboxylic acids is 1. The van der Waals surface area contributed by atoms with E-state index >= 15 is 0 Å². The quantitative estimate of drug-likeness (QED) is 0.919. The summed E-state index contributed by atoms with van der Waals surface area (Å²) in [6.07, 6.45) is 3.03. The van der Waals surface area contributed by atoms with Crippen LogP contribution in [0.1, 0.15) is 24.1 Å². The van der Waals surface area contributed by atoms with Crippen LogP contribution in [0.2, 0.25) is 0 Å². The highest BCUT2D eigenvalue weighted by atomic mass is 35.5. The van der Waals surface area contributed by atoms with E-state index in [1.54, 1.807) is 11.3 Å². The lowest BCUT2D eigenvalue weighted by atomic mass is 10.0. The molecule has 1 amide bonds. The Morgan fingerprint density at radius 1 is 1.59 bits per heavy atom. The normalized spacial score (nSPS) is 23.2. The minimum atomic E-state index is 0. The van der Waals surface area contributed by atoms with Gasteiger partial charge in [-0.3, -0.25) is 4.79 Å². The average molecular weight is 275 g/mol. The van der Waals surface area contributed by atoms with Gasteiger partial charge in [0, 0.05) is 18.0 Å². The van der Waals surface area contributed by atoms with E-state index in [0.717, 1.165) is 19.3 Å². The maximum Gasteiger partial charge on any atom is 0.227 e. The fraction of sp³-hybridized carbons (Fsp3) is 0.583. The molecule has 3 nitrogen and oxygen atoms in total. The minimum Gasteiger partial charge on any atom is -0.340 e. The molecule has 1 saturated carbocycles. The third-order valence-corrected chi connectivity index (χ3v) is 4.10. The standard InChI is InChI=1S/C12H18N2OS.ClH/c1-14(8-9-4-3-7-16-9)12(15)10-5-2-6-11(10)13;/h3-4,7,10-11H,2,5-6,8,13H2,1H3;1H. The zero-order valence-electron chi connectivity index (χ0n) is 9.96. The molecule has 1 aromatic heterocycles. The van der Waals surface area contributed by atoms with E-state index in [0.29, 0.717) is 6.54 Å². The van der Waals surface area contributed by atoms with Gasteiger partial charge in [0.05, 0.1) is 12.5 Å². The van der Waals surface area contributed by atoms with E-state index in [2.05, 4.69) is 6.07 Å². The van der Waals surface area contributed by atoms with Gasteiger partial charge in [-0.2, -0.15) is 0 Å². The molecule has 0 saturated heterocycles. The molecule has 0 spiro atoms. The number of rotatable bonds is 3. The SMILES string of the molecule is CN(Cc1cccs1)C(=O)C1CCCC1N.Cl. The molecule has 0 bridgehead atoms. The third kappa shape index (κ3) is 3.44. The molecule has 2 N–H and O–H groups in total. The molecule has 1 fully saturated rings. The molecule has 1 aliphatic carbocycles. The van der Waals surface area contributed by atoms with E-state index < -0.39 is 0 Å². The third-order valence-electron chi connectivity index (χ3n) is 3.24. The monoisotopic (exact) mass is 274 g/mol. The molecular formula is C12H19ClN2OS. The van der Waals surface area contributed by atoms with Crippen LogP contribution in [0.5, 0.6) is 0 Å². The Morgan fingerprint density at radius 3 is 2.88 bits per heavy atom. The Bertz CT molecular complexity index is 355. The number of carbonyl (C=O) groups is 1. The van der Waals surface area contributed by atoms with E-state index in [-0.39, 0.29) is 30.3 Å². The highest BCUT2D eigenvalue weighted by molar-refractivity contribution is 7.09. The first kappa shape index (κ1) is 14.5. The van der Waals surface area contributed by atoms with Crippen molar-refractivity contribution in [2.24, 2.45) is 11.7 Å². The van der Waals surface area contributed by atoms with Crippen LogP contribution in [0, 0.1) is 5.92 Å². The van der Waals surface area contributed by atoms with Crippen molar-refractivity contribution in [2.45, 2.75) is 31.8 Å². The van der Waals surface area contributed by atoms with Crippen molar-refractivity contribution in [3.05, 3.63) is 22.4 Å². The van der Waals surface area contributed by atoms with E-state index in [9.17, 15) is 4.79 Å². The molecule has 96 valence electrons. The van der Waals surface area contributed by atoms with Crippen molar-refractivity contribution in [1.29, 1.82) is 0 Å². The summed E-state index contributed by atoms with van der Waals surface area (Å²) in [5.41, 5.74) is 5.95. The molecule has 2 atom stereocenters. The average Bonchev–Trinajstić information content (AvgIpc) is 2.88. The Labute approximate surface area is 112 Å². The van der Waals surface area contributed by atoms with Crippen LogP contribution in [0.15, 0.2) is 17.5 Å². The van der Waals surface area contributed by atoms with Gasteiger partial charge in [0.15, 0.2) is 0 Å². The predicted octanol–water partition coefficient (Wildman–Crippen LogP) is 2.26.